The largest absolute Gasteiger partial charge is 0.377 e. The molecular weight excluding hydrogens is 452 g/mol. The van der Waals surface area contributed by atoms with Crippen molar-refractivity contribution in [2.75, 3.05) is 19.8 Å². The standard InChI is InChI=1S/C25H32N4O4S/c1-16-15-33-12-11-29(16)25(30)18-5-7-19(8-6-18)27-34(31,32)20-9-10-21-22(14-26)24(17-3-4-17)28(2)23(21)13-20/h9-10,13,16-19,27H,3-8,11-12,15H2,1-2H3/t16-,18-,19-/m0/s1. The zero-order chi connectivity index (χ0) is 24.0. The molecule has 5 rings (SSSR count). The van der Waals surface area contributed by atoms with Crippen molar-refractivity contribution in [3.05, 3.63) is 29.5 Å². The summed E-state index contributed by atoms with van der Waals surface area (Å²) in [4.78, 5) is 15.1. The van der Waals surface area contributed by atoms with Gasteiger partial charge in [-0.3, -0.25) is 4.79 Å². The highest BCUT2D eigenvalue weighted by atomic mass is 32.2. The molecular formula is C25H32N4O4S. The summed E-state index contributed by atoms with van der Waals surface area (Å²) in [5.41, 5.74) is 2.45. The van der Waals surface area contributed by atoms with Crippen LogP contribution in [0.1, 0.15) is 62.6 Å². The molecule has 1 aromatic heterocycles. The predicted octanol–water partition coefficient (Wildman–Crippen LogP) is 3.01. The Hall–Kier alpha value is -2.41. The molecule has 2 aliphatic carbocycles. The molecule has 1 saturated heterocycles. The lowest BCUT2D eigenvalue weighted by Crippen LogP contribution is -2.50. The number of hydrogen-bond donors (Lipinski definition) is 1. The maximum absolute atomic E-state index is 13.2. The Bertz CT molecular complexity index is 1250. The Labute approximate surface area is 200 Å². The van der Waals surface area contributed by atoms with Crippen LogP contribution in [0.5, 0.6) is 0 Å². The van der Waals surface area contributed by atoms with E-state index < -0.39 is 10.0 Å². The maximum atomic E-state index is 13.2. The molecule has 3 fully saturated rings. The molecule has 0 bridgehead atoms. The third kappa shape index (κ3) is 4.23. The van der Waals surface area contributed by atoms with E-state index in [2.05, 4.69) is 10.8 Å². The van der Waals surface area contributed by atoms with E-state index in [9.17, 15) is 18.5 Å². The van der Waals surface area contributed by atoms with Crippen molar-refractivity contribution in [2.45, 2.75) is 68.3 Å². The molecule has 0 radical (unpaired) electrons. The molecule has 3 aliphatic rings. The third-order valence-electron chi connectivity index (χ3n) is 7.65. The van der Waals surface area contributed by atoms with E-state index >= 15 is 0 Å². The number of morpholine rings is 1. The molecule has 1 amide bonds. The second-order valence-electron chi connectivity index (χ2n) is 10.0. The van der Waals surface area contributed by atoms with Gasteiger partial charge in [0.15, 0.2) is 0 Å². The number of rotatable bonds is 5. The van der Waals surface area contributed by atoms with Crippen molar-refractivity contribution < 1.29 is 17.9 Å². The molecule has 34 heavy (non-hydrogen) atoms. The molecule has 2 aromatic rings. The molecule has 9 heteroatoms. The number of ether oxygens (including phenoxy) is 1. The van der Waals surface area contributed by atoms with Crippen molar-refractivity contribution in [3.8, 4) is 6.07 Å². The van der Waals surface area contributed by atoms with E-state index in [0.29, 0.717) is 56.9 Å². The van der Waals surface area contributed by atoms with Gasteiger partial charge in [0.2, 0.25) is 15.9 Å². The number of amides is 1. The monoisotopic (exact) mass is 484 g/mol. The summed E-state index contributed by atoms with van der Waals surface area (Å²) in [6, 6.07) is 7.26. The van der Waals surface area contributed by atoms with E-state index in [-0.39, 0.29) is 28.8 Å². The summed E-state index contributed by atoms with van der Waals surface area (Å²) < 4.78 is 36.7. The van der Waals surface area contributed by atoms with Gasteiger partial charge >= 0.3 is 0 Å². The SMILES string of the molecule is C[C@H]1COCCN1C(=O)[C@H]1CC[C@H](NS(=O)(=O)c2ccc3c(C#N)c(C4CC4)n(C)c3c2)CC1. The van der Waals surface area contributed by atoms with Gasteiger partial charge in [-0.15, -0.1) is 0 Å². The number of aromatic nitrogens is 1. The Morgan fingerprint density at radius 3 is 2.56 bits per heavy atom. The fourth-order valence-corrected chi connectivity index (χ4v) is 6.91. The molecule has 182 valence electrons. The molecule has 2 heterocycles. The van der Waals surface area contributed by atoms with Gasteiger partial charge in [0.05, 0.1) is 35.2 Å². The van der Waals surface area contributed by atoms with Gasteiger partial charge in [-0.05, 0) is 57.6 Å². The summed E-state index contributed by atoms with van der Waals surface area (Å²) in [6.07, 6.45) is 4.80. The lowest BCUT2D eigenvalue weighted by atomic mass is 9.85. The van der Waals surface area contributed by atoms with E-state index in [4.69, 9.17) is 4.74 Å². The maximum Gasteiger partial charge on any atom is 0.240 e. The fraction of sp³-hybridized carbons (Fsp3) is 0.600. The molecule has 1 atom stereocenters. The average molecular weight is 485 g/mol. The van der Waals surface area contributed by atoms with Crippen LogP contribution in [0.25, 0.3) is 10.9 Å². The quantitative estimate of drug-likeness (QED) is 0.703. The van der Waals surface area contributed by atoms with Crippen molar-refractivity contribution in [1.82, 2.24) is 14.2 Å². The zero-order valence-electron chi connectivity index (χ0n) is 19.8. The first-order chi connectivity index (χ1) is 16.3. The van der Waals surface area contributed by atoms with Crippen LogP contribution >= 0.6 is 0 Å². The number of carbonyl (C=O) groups excluding carboxylic acids is 1. The van der Waals surface area contributed by atoms with Crippen LogP contribution in [-0.4, -0.2) is 55.6 Å². The normalized spacial score (nSPS) is 25.9. The lowest BCUT2D eigenvalue weighted by Gasteiger charge is -2.37. The van der Waals surface area contributed by atoms with Crippen LogP contribution in [0.3, 0.4) is 0 Å². The highest BCUT2D eigenvalue weighted by Crippen LogP contribution is 2.44. The number of fused-ring (bicyclic) bond motifs is 1. The van der Waals surface area contributed by atoms with Crippen molar-refractivity contribution in [2.24, 2.45) is 13.0 Å². The van der Waals surface area contributed by atoms with Gasteiger partial charge in [0.25, 0.3) is 0 Å². The van der Waals surface area contributed by atoms with Gasteiger partial charge in [0, 0.05) is 42.6 Å². The Morgan fingerprint density at radius 2 is 1.91 bits per heavy atom. The minimum Gasteiger partial charge on any atom is -0.377 e. The van der Waals surface area contributed by atoms with E-state index in [0.717, 1.165) is 29.4 Å². The summed E-state index contributed by atoms with van der Waals surface area (Å²) in [5.74, 6) is 0.515. The molecule has 0 unspecified atom stereocenters. The number of nitrogens with one attached hydrogen (secondary N) is 1. The van der Waals surface area contributed by atoms with Crippen molar-refractivity contribution in [3.63, 3.8) is 0 Å². The van der Waals surface area contributed by atoms with E-state index in [1.165, 1.54) is 0 Å². The topological polar surface area (TPSA) is 104 Å². The molecule has 1 aliphatic heterocycles. The van der Waals surface area contributed by atoms with Gasteiger partial charge in [-0.25, -0.2) is 13.1 Å². The summed E-state index contributed by atoms with van der Waals surface area (Å²) in [7, 11) is -1.80. The number of nitrogens with zero attached hydrogens (tertiary/aromatic N) is 3. The van der Waals surface area contributed by atoms with Crippen LogP contribution in [-0.2, 0) is 26.6 Å². The molecule has 2 saturated carbocycles. The average Bonchev–Trinajstić information content (AvgIpc) is 3.63. The number of aryl methyl sites for hydroxylation is 1. The Morgan fingerprint density at radius 1 is 1.18 bits per heavy atom. The second-order valence-corrected chi connectivity index (χ2v) is 11.7. The van der Waals surface area contributed by atoms with Gasteiger partial charge in [-0.1, -0.05) is 6.07 Å². The molecule has 0 spiro atoms. The predicted molar refractivity (Wildman–Crippen MR) is 128 cm³/mol. The summed E-state index contributed by atoms with van der Waals surface area (Å²) in [5, 5.41) is 10.5. The first-order valence-corrected chi connectivity index (χ1v) is 13.7. The van der Waals surface area contributed by atoms with E-state index in [1.54, 1.807) is 18.2 Å². The van der Waals surface area contributed by atoms with Gasteiger partial charge in [0.1, 0.15) is 6.07 Å². The molecule has 1 aromatic carbocycles. The van der Waals surface area contributed by atoms with Crippen LogP contribution < -0.4 is 4.72 Å². The van der Waals surface area contributed by atoms with Gasteiger partial charge < -0.3 is 14.2 Å². The number of carbonyl (C=O) groups is 1. The number of benzene rings is 1. The highest BCUT2D eigenvalue weighted by Gasteiger charge is 2.35. The van der Waals surface area contributed by atoms with Crippen LogP contribution in [0.4, 0.5) is 0 Å². The number of sulfonamides is 1. The fourth-order valence-electron chi connectivity index (χ4n) is 5.59. The first kappa shape index (κ1) is 23.3. The first-order valence-electron chi connectivity index (χ1n) is 12.2. The van der Waals surface area contributed by atoms with Crippen LogP contribution in [0.2, 0.25) is 0 Å². The third-order valence-corrected chi connectivity index (χ3v) is 9.17. The Balaban J connectivity index is 1.28. The van der Waals surface area contributed by atoms with E-state index in [1.807, 2.05) is 23.4 Å². The minimum absolute atomic E-state index is 0.0497. The lowest BCUT2D eigenvalue weighted by molar-refractivity contribution is -0.144. The smallest absolute Gasteiger partial charge is 0.240 e. The van der Waals surface area contributed by atoms with Crippen LogP contribution in [0, 0.1) is 17.2 Å². The highest BCUT2D eigenvalue weighted by molar-refractivity contribution is 7.89. The number of nitriles is 1. The van der Waals surface area contributed by atoms with Crippen LogP contribution in [0.15, 0.2) is 23.1 Å². The van der Waals surface area contributed by atoms with Gasteiger partial charge in [-0.2, -0.15) is 5.26 Å². The van der Waals surface area contributed by atoms with Crippen molar-refractivity contribution in [1.29, 1.82) is 5.26 Å². The molecule has 8 nitrogen and oxygen atoms in total. The Kier molecular flexibility index (Phi) is 6.17. The second kappa shape index (κ2) is 8.99. The minimum atomic E-state index is -3.71. The zero-order valence-corrected chi connectivity index (χ0v) is 20.6. The molecule has 1 N–H and O–H groups in total. The number of hydrogen-bond acceptors (Lipinski definition) is 5. The summed E-state index contributed by atoms with van der Waals surface area (Å²) >= 11 is 0. The summed E-state index contributed by atoms with van der Waals surface area (Å²) in [6.45, 7) is 3.79. The van der Waals surface area contributed by atoms with Crippen molar-refractivity contribution >= 4 is 26.8 Å².